The number of sulfonamides is 1. The second-order valence-corrected chi connectivity index (χ2v) is 7.42. The molecule has 0 aliphatic heterocycles. The molecule has 4 heteroatoms. The molecule has 1 aromatic rings. The fourth-order valence-electron chi connectivity index (χ4n) is 2.62. The average molecular weight is 281 g/mol. The van der Waals surface area contributed by atoms with E-state index in [0.29, 0.717) is 6.54 Å². The number of benzene rings is 1. The van der Waals surface area contributed by atoms with E-state index in [0.717, 1.165) is 25.7 Å². The highest BCUT2D eigenvalue weighted by Crippen LogP contribution is 2.43. The number of hydrogen-bond acceptors (Lipinski definition) is 2. The molecule has 19 heavy (non-hydrogen) atoms. The number of hydrogen-bond donors (Lipinski definition) is 1. The third kappa shape index (κ3) is 3.57. The minimum absolute atomic E-state index is 0.0283. The van der Waals surface area contributed by atoms with Crippen LogP contribution in [0.3, 0.4) is 0 Å². The Balaban J connectivity index is 2.01. The van der Waals surface area contributed by atoms with Crippen molar-refractivity contribution in [1.82, 2.24) is 4.72 Å². The van der Waals surface area contributed by atoms with Gasteiger partial charge in [-0.1, -0.05) is 50.1 Å². The van der Waals surface area contributed by atoms with E-state index in [-0.39, 0.29) is 11.2 Å². The van der Waals surface area contributed by atoms with Gasteiger partial charge in [-0.3, -0.25) is 0 Å². The molecule has 1 aliphatic rings. The third-order valence-electron chi connectivity index (χ3n) is 4.09. The molecule has 1 N–H and O–H groups in total. The molecule has 1 aliphatic carbocycles. The molecule has 0 heterocycles. The lowest BCUT2D eigenvalue weighted by Gasteiger charge is -2.42. The van der Waals surface area contributed by atoms with Gasteiger partial charge in [0.1, 0.15) is 0 Å². The van der Waals surface area contributed by atoms with E-state index < -0.39 is 10.0 Å². The molecule has 0 saturated heterocycles. The molecule has 0 bridgehead atoms. The molecule has 0 unspecified atom stereocenters. The molecule has 0 aromatic heterocycles. The summed E-state index contributed by atoms with van der Waals surface area (Å²) in [4.78, 5) is 0. The van der Waals surface area contributed by atoms with Gasteiger partial charge in [-0.25, -0.2) is 13.1 Å². The van der Waals surface area contributed by atoms with Crippen LogP contribution in [0.5, 0.6) is 0 Å². The average Bonchev–Trinajstić information content (AvgIpc) is 2.36. The Morgan fingerprint density at radius 1 is 1.21 bits per heavy atom. The zero-order chi connectivity index (χ0) is 13.8. The Morgan fingerprint density at radius 3 is 2.42 bits per heavy atom. The number of nitrogens with one attached hydrogen (secondary N) is 1. The van der Waals surface area contributed by atoms with E-state index in [2.05, 4.69) is 16.9 Å². The van der Waals surface area contributed by atoms with Crippen LogP contribution in [0.4, 0.5) is 0 Å². The molecule has 3 nitrogen and oxygen atoms in total. The quantitative estimate of drug-likeness (QED) is 0.835. The smallest absolute Gasteiger partial charge is 0.211 e. The molecule has 1 aromatic carbocycles. The summed E-state index contributed by atoms with van der Waals surface area (Å²) in [6.45, 7) is 2.55. The van der Waals surface area contributed by atoms with Gasteiger partial charge in [0, 0.05) is 12.0 Å². The van der Waals surface area contributed by atoms with Crippen molar-refractivity contribution in [2.45, 2.75) is 44.4 Å². The van der Waals surface area contributed by atoms with Crippen LogP contribution >= 0.6 is 0 Å². The van der Waals surface area contributed by atoms with Gasteiger partial charge in [0.2, 0.25) is 10.0 Å². The van der Waals surface area contributed by atoms with E-state index in [1.165, 1.54) is 12.0 Å². The summed E-state index contributed by atoms with van der Waals surface area (Å²) < 4.78 is 26.6. The number of unbranched alkanes of at least 4 members (excludes halogenated alkanes) is 1. The Morgan fingerprint density at radius 2 is 1.89 bits per heavy atom. The van der Waals surface area contributed by atoms with Crippen molar-refractivity contribution in [2.75, 3.05) is 12.3 Å². The monoisotopic (exact) mass is 281 g/mol. The minimum atomic E-state index is -3.11. The van der Waals surface area contributed by atoms with Gasteiger partial charge >= 0.3 is 0 Å². The lowest BCUT2D eigenvalue weighted by Crippen LogP contribution is -2.46. The standard InChI is InChI=1S/C15H23NO2S/c1-2-3-12-19(17,18)16-13-15(10-7-11-15)14-8-5-4-6-9-14/h4-6,8-9,16H,2-3,7,10-13H2,1H3. The Bertz CT molecular complexity index is 492. The molecule has 0 amide bonds. The Kier molecular flexibility index (Phi) is 4.63. The van der Waals surface area contributed by atoms with E-state index in [9.17, 15) is 8.42 Å². The van der Waals surface area contributed by atoms with Gasteiger partial charge in [-0.2, -0.15) is 0 Å². The van der Waals surface area contributed by atoms with Crippen LogP contribution in [0.25, 0.3) is 0 Å². The Hall–Kier alpha value is -0.870. The summed E-state index contributed by atoms with van der Waals surface area (Å²) in [6.07, 6.45) is 4.98. The largest absolute Gasteiger partial charge is 0.214 e. The van der Waals surface area contributed by atoms with Crippen molar-refractivity contribution in [3.05, 3.63) is 35.9 Å². The predicted molar refractivity (Wildman–Crippen MR) is 78.7 cm³/mol. The zero-order valence-corrected chi connectivity index (χ0v) is 12.4. The second kappa shape index (κ2) is 6.06. The van der Waals surface area contributed by atoms with Crippen LogP contribution in [0.2, 0.25) is 0 Å². The Labute approximate surface area is 116 Å². The van der Waals surface area contributed by atoms with Crippen molar-refractivity contribution in [3.63, 3.8) is 0 Å². The first-order chi connectivity index (χ1) is 9.08. The molecule has 2 rings (SSSR count). The maximum Gasteiger partial charge on any atom is 0.211 e. The summed E-state index contributed by atoms with van der Waals surface area (Å²) in [6, 6.07) is 10.3. The first-order valence-electron chi connectivity index (χ1n) is 7.11. The molecule has 0 atom stereocenters. The SMILES string of the molecule is CCCCS(=O)(=O)NCC1(c2ccccc2)CCC1. The summed E-state index contributed by atoms with van der Waals surface area (Å²) in [5, 5.41) is 0. The fraction of sp³-hybridized carbons (Fsp3) is 0.600. The predicted octanol–water partition coefficient (Wildman–Crippen LogP) is 2.83. The highest BCUT2D eigenvalue weighted by Gasteiger charge is 2.39. The minimum Gasteiger partial charge on any atom is -0.214 e. The van der Waals surface area contributed by atoms with E-state index in [1.54, 1.807) is 0 Å². The second-order valence-electron chi connectivity index (χ2n) is 5.49. The zero-order valence-electron chi connectivity index (χ0n) is 11.6. The van der Waals surface area contributed by atoms with Crippen LogP contribution in [0.1, 0.15) is 44.6 Å². The van der Waals surface area contributed by atoms with Gasteiger partial charge in [-0.15, -0.1) is 0 Å². The lowest BCUT2D eigenvalue weighted by molar-refractivity contribution is 0.245. The van der Waals surface area contributed by atoms with Gasteiger partial charge in [0.05, 0.1) is 5.75 Å². The normalized spacial score (nSPS) is 17.9. The van der Waals surface area contributed by atoms with Crippen LogP contribution in [-0.4, -0.2) is 20.7 Å². The summed E-state index contributed by atoms with van der Waals surface area (Å²) >= 11 is 0. The van der Waals surface area contributed by atoms with Crippen molar-refractivity contribution in [2.24, 2.45) is 0 Å². The molecule has 1 saturated carbocycles. The van der Waals surface area contributed by atoms with E-state index >= 15 is 0 Å². The summed E-state index contributed by atoms with van der Waals surface area (Å²) in [5.74, 6) is 0.244. The van der Waals surface area contributed by atoms with Crippen LogP contribution in [-0.2, 0) is 15.4 Å². The van der Waals surface area contributed by atoms with Crippen LogP contribution < -0.4 is 4.72 Å². The van der Waals surface area contributed by atoms with Crippen molar-refractivity contribution in [1.29, 1.82) is 0 Å². The van der Waals surface area contributed by atoms with E-state index in [4.69, 9.17) is 0 Å². The third-order valence-corrected chi connectivity index (χ3v) is 5.50. The van der Waals surface area contributed by atoms with Gasteiger partial charge in [-0.05, 0) is 24.8 Å². The first kappa shape index (κ1) is 14.5. The van der Waals surface area contributed by atoms with Crippen molar-refractivity contribution >= 4 is 10.0 Å². The maximum atomic E-state index is 11.9. The molecular formula is C15H23NO2S. The molecule has 106 valence electrons. The molecule has 0 radical (unpaired) electrons. The fourth-order valence-corrected chi connectivity index (χ4v) is 3.93. The maximum absolute atomic E-state index is 11.9. The van der Waals surface area contributed by atoms with Crippen molar-refractivity contribution < 1.29 is 8.42 Å². The summed E-state index contributed by atoms with van der Waals surface area (Å²) in [7, 11) is -3.11. The molecular weight excluding hydrogens is 258 g/mol. The topological polar surface area (TPSA) is 46.2 Å². The van der Waals surface area contributed by atoms with E-state index in [1.807, 2.05) is 25.1 Å². The van der Waals surface area contributed by atoms with Crippen molar-refractivity contribution in [3.8, 4) is 0 Å². The lowest BCUT2D eigenvalue weighted by atomic mass is 9.64. The first-order valence-corrected chi connectivity index (χ1v) is 8.76. The molecule has 1 fully saturated rings. The highest BCUT2D eigenvalue weighted by atomic mass is 32.2. The van der Waals surface area contributed by atoms with Gasteiger partial charge < -0.3 is 0 Å². The van der Waals surface area contributed by atoms with Crippen LogP contribution in [0.15, 0.2) is 30.3 Å². The number of rotatable bonds is 7. The van der Waals surface area contributed by atoms with Crippen LogP contribution in [0, 0.1) is 0 Å². The van der Waals surface area contributed by atoms with Gasteiger partial charge in [0.25, 0.3) is 0 Å². The molecule has 0 spiro atoms. The van der Waals surface area contributed by atoms with Gasteiger partial charge in [0.15, 0.2) is 0 Å². The summed E-state index contributed by atoms with van der Waals surface area (Å²) in [5.41, 5.74) is 1.29. The highest BCUT2D eigenvalue weighted by molar-refractivity contribution is 7.89.